The lowest BCUT2D eigenvalue weighted by Crippen LogP contribution is -2.07. The molecule has 0 aliphatic heterocycles. The van der Waals surface area contributed by atoms with E-state index in [4.69, 9.17) is 0 Å². The molecule has 2 aromatic rings. The van der Waals surface area contributed by atoms with Crippen molar-refractivity contribution >= 4 is 15.9 Å². The second kappa shape index (κ2) is 4.10. The van der Waals surface area contributed by atoms with Gasteiger partial charge < -0.3 is 4.98 Å². The smallest absolute Gasteiger partial charge is 0.317 e. The highest BCUT2D eigenvalue weighted by Gasteiger charge is 2.35. The Hall–Kier alpha value is -1.44. The minimum atomic E-state index is -4.53. The zero-order chi connectivity index (χ0) is 12.6. The van der Waals surface area contributed by atoms with Gasteiger partial charge in [0.1, 0.15) is 0 Å². The van der Waals surface area contributed by atoms with Gasteiger partial charge in [-0.2, -0.15) is 13.2 Å². The SMILES string of the molecule is Cc1ncc(-c2nnc(C(F)(F)F)[nH]2)cc1Br. The van der Waals surface area contributed by atoms with Crippen LogP contribution >= 0.6 is 15.9 Å². The van der Waals surface area contributed by atoms with E-state index in [9.17, 15) is 13.2 Å². The molecule has 2 heterocycles. The number of rotatable bonds is 1. The predicted molar refractivity (Wildman–Crippen MR) is 57.1 cm³/mol. The Labute approximate surface area is 102 Å². The Morgan fingerprint density at radius 3 is 2.53 bits per heavy atom. The van der Waals surface area contributed by atoms with Gasteiger partial charge in [0, 0.05) is 16.2 Å². The Balaban J connectivity index is 2.40. The van der Waals surface area contributed by atoms with Crippen molar-refractivity contribution in [2.75, 3.05) is 0 Å². The standard InChI is InChI=1S/C9H6BrF3N4/c1-4-6(10)2-5(3-14-4)7-15-8(17-16-7)9(11,12)13/h2-3H,1H3,(H,15,16,17). The van der Waals surface area contributed by atoms with Crippen molar-refractivity contribution in [3.05, 3.63) is 28.3 Å². The summed E-state index contributed by atoms with van der Waals surface area (Å²) in [7, 11) is 0. The molecule has 0 saturated carbocycles. The van der Waals surface area contributed by atoms with Crippen LogP contribution in [0, 0.1) is 6.92 Å². The zero-order valence-electron chi connectivity index (χ0n) is 8.51. The molecule has 0 unspecified atom stereocenters. The maximum absolute atomic E-state index is 12.3. The first-order valence-corrected chi connectivity index (χ1v) is 5.29. The molecule has 8 heteroatoms. The van der Waals surface area contributed by atoms with E-state index in [1.165, 1.54) is 6.20 Å². The van der Waals surface area contributed by atoms with Gasteiger partial charge in [0.2, 0.25) is 5.82 Å². The number of nitrogens with zero attached hydrogens (tertiary/aromatic N) is 3. The number of halogens is 4. The highest BCUT2D eigenvalue weighted by atomic mass is 79.9. The normalized spacial score (nSPS) is 11.8. The third-order valence-electron chi connectivity index (χ3n) is 2.05. The number of pyridine rings is 1. The largest absolute Gasteiger partial charge is 0.451 e. The van der Waals surface area contributed by atoms with E-state index >= 15 is 0 Å². The van der Waals surface area contributed by atoms with Crippen molar-refractivity contribution in [3.63, 3.8) is 0 Å². The monoisotopic (exact) mass is 306 g/mol. The highest BCUT2D eigenvalue weighted by Crippen LogP contribution is 2.28. The third kappa shape index (κ3) is 2.46. The number of H-pyrrole nitrogens is 1. The molecule has 0 bridgehead atoms. The molecule has 0 saturated heterocycles. The van der Waals surface area contributed by atoms with E-state index in [2.05, 4.69) is 36.1 Å². The van der Waals surface area contributed by atoms with Gasteiger partial charge in [-0.1, -0.05) is 0 Å². The van der Waals surface area contributed by atoms with Crippen molar-refractivity contribution in [1.82, 2.24) is 20.2 Å². The molecule has 0 aliphatic carbocycles. The molecule has 0 aliphatic rings. The number of aromatic nitrogens is 4. The third-order valence-corrected chi connectivity index (χ3v) is 2.86. The molecule has 4 nitrogen and oxygen atoms in total. The molecule has 2 aromatic heterocycles. The molecular formula is C9H6BrF3N4. The summed E-state index contributed by atoms with van der Waals surface area (Å²) in [4.78, 5) is 6.12. The maximum atomic E-state index is 12.3. The van der Waals surface area contributed by atoms with Crippen LogP contribution in [0.25, 0.3) is 11.4 Å². The first kappa shape index (κ1) is 12.0. The Kier molecular flexibility index (Phi) is 2.90. The number of alkyl halides is 3. The number of hydrogen-bond acceptors (Lipinski definition) is 3. The Bertz CT molecular complexity index is 549. The van der Waals surface area contributed by atoms with E-state index in [-0.39, 0.29) is 5.82 Å². The molecule has 17 heavy (non-hydrogen) atoms. The van der Waals surface area contributed by atoms with Crippen LogP contribution in [0.15, 0.2) is 16.7 Å². The van der Waals surface area contributed by atoms with Crippen LogP contribution < -0.4 is 0 Å². The lowest BCUT2D eigenvalue weighted by Gasteiger charge is -2.01. The molecule has 0 radical (unpaired) electrons. The molecule has 0 amide bonds. The van der Waals surface area contributed by atoms with Gasteiger partial charge in [-0.05, 0) is 28.9 Å². The summed E-state index contributed by atoms with van der Waals surface area (Å²) >= 11 is 3.24. The fraction of sp³-hybridized carbons (Fsp3) is 0.222. The summed E-state index contributed by atoms with van der Waals surface area (Å²) in [5.74, 6) is -1.09. The van der Waals surface area contributed by atoms with Crippen molar-refractivity contribution in [1.29, 1.82) is 0 Å². The van der Waals surface area contributed by atoms with E-state index in [1.807, 2.05) is 0 Å². The first-order valence-electron chi connectivity index (χ1n) is 4.50. The van der Waals surface area contributed by atoms with E-state index < -0.39 is 12.0 Å². The minimum absolute atomic E-state index is 0.0329. The minimum Gasteiger partial charge on any atom is -0.317 e. The molecule has 0 fully saturated rings. The lowest BCUT2D eigenvalue weighted by atomic mass is 10.2. The van der Waals surface area contributed by atoms with Crippen molar-refractivity contribution in [3.8, 4) is 11.4 Å². The topological polar surface area (TPSA) is 54.5 Å². The Morgan fingerprint density at radius 1 is 1.29 bits per heavy atom. The van der Waals surface area contributed by atoms with Crippen LogP contribution in [0.5, 0.6) is 0 Å². The summed E-state index contributed by atoms with van der Waals surface area (Å²) in [6.07, 6.45) is -3.10. The number of aromatic amines is 1. The van der Waals surface area contributed by atoms with Gasteiger partial charge in [0.05, 0.1) is 5.69 Å². The van der Waals surface area contributed by atoms with Crippen molar-refractivity contribution in [2.24, 2.45) is 0 Å². The lowest BCUT2D eigenvalue weighted by molar-refractivity contribution is -0.144. The fourth-order valence-corrected chi connectivity index (χ4v) is 1.50. The molecule has 0 aromatic carbocycles. The van der Waals surface area contributed by atoms with Crippen molar-refractivity contribution < 1.29 is 13.2 Å². The van der Waals surface area contributed by atoms with E-state index in [0.29, 0.717) is 10.0 Å². The summed E-state index contributed by atoms with van der Waals surface area (Å²) in [6, 6.07) is 1.63. The predicted octanol–water partition coefficient (Wildman–Crippen LogP) is 2.96. The molecule has 90 valence electrons. The molecule has 2 rings (SSSR count). The van der Waals surface area contributed by atoms with Crippen LogP contribution in [-0.2, 0) is 6.18 Å². The number of hydrogen-bond donors (Lipinski definition) is 1. The van der Waals surface area contributed by atoms with Crippen LogP contribution in [-0.4, -0.2) is 20.2 Å². The summed E-state index contributed by atoms with van der Waals surface area (Å²) < 4.78 is 37.6. The molecular weight excluding hydrogens is 301 g/mol. The summed E-state index contributed by atoms with van der Waals surface area (Å²) in [6.45, 7) is 1.77. The maximum Gasteiger partial charge on any atom is 0.451 e. The zero-order valence-corrected chi connectivity index (χ0v) is 10.1. The van der Waals surface area contributed by atoms with Gasteiger partial charge in [0.25, 0.3) is 0 Å². The van der Waals surface area contributed by atoms with Gasteiger partial charge in [0.15, 0.2) is 5.82 Å². The van der Waals surface area contributed by atoms with Gasteiger partial charge in [-0.25, -0.2) is 0 Å². The van der Waals surface area contributed by atoms with Gasteiger partial charge in [-0.15, -0.1) is 10.2 Å². The summed E-state index contributed by atoms with van der Waals surface area (Å²) in [5, 5.41) is 6.48. The van der Waals surface area contributed by atoms with E-state index in [1.54, 1.807) is 13.0 Å². The quantitative estimate of drug-likeness (QED) is 0.881. The first-order chi connectivity index (χ1) is 7.88. The highest BCUT2D eigenvalue weighted by molar-refractivity contribution is 9.10. The van der Waals surface area contributed by atoms with Crippen LogP contribution in [0.3, 0.4) is 0 Å². The second-order valence-electron chi connectivity index (χ2n) is 3.31. The molecule has 1 N–H and O–H groups in total. The molecule has 0 spiro atoms. The summed E-state index contributed by atoms with van der Waals surface area (Å²) in [5.41, 5.74) is 1.18. The van der Waals surface area contributed by atoms with Gasteiger partial charge in [-0.3, -0.25) is 4.98 Å². The van der Waals surface area contributed by atoms with Crippen LogP contribution in [0.2, 0.25) is 0 Å². The van der Waals surface area contributed by atoms with Crippen LogP contribution in [0.1, 0.15) is 11.5 Å². The molecule has 0 atom stereocenters. The fourth-order valence-electron chi connectivity index (χ4n) is 1.16. The van der Waals surface area contributed by atoms with E-state index in [0.717, 1.165) is 5.69 Å². The second-order valence-corrected chi connectivity index (χ2v) is 4.17. The van der Waals surface area contributed by atoms with Gasteiger partial charge >= 0.3 is 6.18 Å². The van der Waals surface area contributed by atoms with Crippen LogP contribution in [0.4, 0.5) is 13.2 Å². The van der Waals surface area contributed by atoms with Crippen molar-refractivity contribution in [2.45, 2.75) is 13.1 Å². The number of aryl methyl sites for hydroxylation is 1. The average Bonchev–Trinajstić information content (AvgIpc) is 2.70. The number of nitrogens with one attached hydrogen (secondary N) is 1. The Morgan fingerprint density at radius 2 is 2.00 bits per heavy atom. The average molecular weight is 307 g/mol.